The highest BCUT2D eigenvalue weighted by molar-refractivity contribution is 6.40. The number of Topliss-reactive ketones (excluding diaryl/α,β-unsaturated/α-hetero) is 1. The number of amides is 1. The molecule has 12 heteroatoms. The summed E-state index contributed by atoms with van der Waals surface area (Å²) in [5.41, 5.74) is -2.96. The zero-order valence-electron chi connectivity index (χ0n) is 23.6. The van der Waals surface area contributed by atoms with E-state index in [0.717, 1.165) is 43.0 Å². The standard InChI is InChI=1S/C30H34Cl2F3N3O4/c1-27-10-12-29(16-27,13-11-27)17-37(15-22(39)23-20(31)4-3-5-21(23)32)25(40)19-14-36-38(24(19)30(33,34)35)18-6-8-28(2,9-7-18)26(41)42/h3-5,14,18H,6-13,15-17H2,1-2H3,(H,41,42)/t18-,27?,28-,29?. The van der Waals surface area contributed by atoms with Gasteiger partial charge in [0.15, 0.2) is 11.5 Å². The van der Waals surface area contributed by atoms with E-state index in [4.69, 9.17) is 23.2 Å². The van der Waals surface area contributed by atoms with Gasteiger partial charge in [-0.2, -0.15) is 18.3 Å². The van der Waals surface area contributed by atoms with E-state index >= 15 is 0 Å². The summed E-state index contributed by atoms with van der Waals surface area (Å²) in [6.07, 6.45) is 1.16. The third-order valence-electron chi connectivity index (χ3n) is 9.92. The van der Waals surface area contributed by atoms with Gasteiger partial charge in [0.25, 0.3) is 5.91 Å². The van der Waals surface area contributed by atoms with Gasteiger partial charge in [-0.05, 0) is 87.7 Å². The van der Waals surface area contributed by atoms with Crippen LogP contribution < -0.4 is 0 Å². The molecule has 0 radical (unpaired) electrons. The lowest BCUT2D eigenvalue weighted by Gasteiger charge is -2.35. The first-order valence-corrected chi connectivity index (χ1v) is 15.0. The number of carboxylic acid groups (broad SMARTS) is 1. The number of ketones is 1. The number of benzene rings is 1. The first-order chi connectivity index (χ1) is 19.6. The normalized spacial score (nSPS) is 29.1. The highest BCUT2D eigenvalue weighted by Crippen LogP contribution is 2.61. The van der Waals surface area contributed by atoms with Crippen LogP contribution in [-0.4, -0.2) is 50.5 Å². The molecule has 0 atom stereocenters. The van der Waals surface area contributed by atoms with E-state index in [0.29, 0.717) is 0 Å². The average Bonchev–Trinajstić information content (AvgIpc) is 3.59. The van der Waals surface area contributed by atoms with Gasteiger partial charge < -0.3 is 10.0 Å². The second-order valence-electron chi connectivity index (χ2n) is 13.1. The van der Waals surface area contributed by atoms with Gasteiger partial charge in [-0.25, -0.2) is 0 Å². The van der Waals surface area contributed by atoms with Gasteiger partial charge in [0, 0.05) is 6.54 Å². The fourth-order valence-electron chi connectivity index (χ4n) is 7.42. The average molecular weight is 629 g/mol. The maximum absolute atomic E-state index is 14.6. The fourth-order valence-corrected chi connectivity index (χ4v) is 8.03. The minimum atomic E-state index is -4.91. The molecule has 1 amide bonds. The molecule has 0 saturated heterocycles. The predicted octanol–water partition coefficient (Wildman–Crippen LogP) is 7.71. The number of carbonyl (C=O) groups is 3. The number of aliphatic carboxylic acids is 1. The molecule has 3 fully saturated rings. The number of carboxylic acids is 1. The van der Waals surface area contributed by atoms with Gasteiger partial charge in [0.05, 0.1) is 45.4 Å². The van der Waals surface area contributed by atoms with Crippen molar-refractivity contribution in [2.75, 3.05) is 13.1 Å². The van der Waals surface area contributed by atoms with Crippen LogP contribution in [0.25, 0.3) is 0 Å². The number of nitrogens with zero attached hydrogens (tertiary/aromatic N) is 3. The summed E-state index contributed by atoms with van der Waals surface area (Å²) in [5, 5.41) is 13.8. The lowest BCUT2D eigenvalue weighted by atomic mass is 9.74. The molecule has 0 unspecified atom stereocenters. The molecule has 2 bridgehead atoms. The Balaban J connectivity index is 1.49. The van der Waals surface area contributed by atoms with E-state index in [-0.39, 0.29) is 58.7 Å². The predicted molar refractivity (Wildman–Crippen MR) is 151 cm³/mol. The minimum Gasteiger partial charge on any atom is -0.481 e. The number of halogens is 5. The fraction of sp³-hybridized carbons (Fsp3) is 0.600. The highest BCUT2D eigenvalue weighted by atomic mass is 35.5. The third-order valence-corrected chi connectivity index (χ3v) is 10.6. The Bertz CT molecular complexity index is 1390. The second kappa shape index (κ2) is 10.8. The highest BCUT2D eigenvalue weighted by Gasteiger charge is 2.53. The molecule has 1 N–H and O–H groups in total. The molecule has 1 heterocycles. The molecule has 7 nitrogen and oxygen atoms in total. The van der Waals surface area contributed by atoms with Crippen LogP contribution in [0.5, 0.6) is 0 Å². The van der Waals surface area contributed by atoms with E-state index in [1.807, 2.05) is 0 Å². The maximum Gasteiger partial charge on any atom is 0.433 e. The Hall–Kier alpha value is -2.59. The Morgan fingerprint density at radius 3 is 2.14 bits per heavy atom. The zero-order valence-corrected chi connectivity index (χ0v) is 25.1. The van der Waals surface area contributed by atoms with Gasteiger partial charge in [0.2, 0.25) is 0 Å². The van der Waals surface area contributed by atoms with Gasteiger partial charge in [0.1, 0.15) is 0 Å². The van der Waals surface area contributed by atoms with Crippen molar-refractivity contribution in [3.05, 3.63) is 51.3 Å². The molecule has 2 aromatic rings. The molecule has 228 valence electrons. The Morgan fingerprint density at radius 1 is 1.05 bits per heavy atom. The van der Waals surface area contributed by atoms with E-state index in [1.54, 1.807) is 13.0 Å². The maximum atomic E-state index is 14.6. The SMILES string of the molecule is CC12CCC(CN(CC(=O)c3c(Cl)cccc3Cl)C(=O)c3cnn([C@H]4CC[C@](C)(C(=O)O)CC4)c3C(F)(F)F)(CC1)C2. The van der Waals surface area contributed by atoms with Crippen LogP contribution in [0.3, 0.4) is 0 Å². The number of aromatic nitrogens is 2. The van der Waals surface area contributed by atoms with E-state index in [2.05, 4.69) is 12.0 Å². The third kappa shape index (κ3) is 5.68. The van der Waals surface area contributed by atoms with Crippen LogP contribution in [0, 0.1) is 16.2 Å². The molecule has 1 aromatic heterocycles. The van der Waals surface area contributed by atoms with Crippen molar-refractivity contribution in [3.63, 3.8) is 0 Å². The molecule has 42 heavy (non-hydrogen) atoms. The first kappa shape index (κ1) is 30.9. The van der Waals surface area contributed by atoms with Gasteiger partial charge in [-0.3, -0.25) is 19.1 Å². The van der Waals surface area contributed by atoms with Crippen molar-refractivity contribution >= 4 is 40.9 Å². The van der Waals surface area contributed by atoms with Gasteiger partial charge in [-0.1, -0.05) is 36.2 Å². The summed E-state index contributed by atoms with van der Waals surface area (Å²) in [4.78, 5) is 40.4. The van der Waals surface area contributed by atoms with Crippen LogP contribution in [0.15, 0.2) is 24.4 Å². The summed E-state index contributed by atoms with van der Waals surface area (Å²) in [6.45, 7) is 3.43. The lowest BCUT2D eigenvalue weighted by Crippen LogP contribution is -2.43. The van der Waals surface area contributed by atoms with Gasteiger partial charge >= 0.3 is 12.1 Å². The molecule has 1 aromatic carbocycles. The summed E-state index contributed by atoms with van der Waals surface area (Å²) >= 11 is 12.5. The van der Waals surface area contributed by atoms with Gasteiger partial charge in [-0.15, -0.1) is 0 Å². The lowest BCUT2D eigenvalue weighted by molar-refractivity contribution is -0.152. The molecule has 0 aliphatic heterocycles. The summed E-state index contributed by atoms with van der Waals surface area (Å²) in [7, 11) is 0. The van der Waals surface area contributed by atoms with E-state index in [9.17, 15) is 32.7 Å². The van der Waals surface area contributed by atoms with Crippen molar-refractivity contribution in [2.45, 2.75) is 83.9 Å². The first-order valence-electron chi connectivity index (χ1n) is 14.2. The summed E-state index contributed by atoms with van der Waals surface area (Å²) in [5.74, 6) is -2.47. The number of alkyl halides is 3. The number of carbonyl (C=O) groups excluding carboxylic acids is 2. The summed E-state index contributed by atoms with van der Waals surface area (Å²) < 4.78 is 44.7. The molecular weight excluding hydrogens is 594 g/mol. The quantitative estimate of drug-likeness (QED) is 0.303. The number of rotatable bonds is 8. The molecule has 5 rings (SSSR count). The van der Waals surface area contributed by atoms with Crippen LogP contribution in [0.1, 0.15) is 104 Å². The number of hydrogen-bond acceptors (Lipinski definition) is 4. The van der Waals surface area contributed by atoms with Crippen molar-refractivity contribution in [2.24, 2.45) is 16.2 Å². The second-order valence-corrected chi connectivity index (χ2v) is 13.9. The van der Waals surface area contributed by atoms with Crippen LogP contribution in [-0.2, 0) is 11.0 Å². The zero-order chi connectivity index (χ0) is 30.7. The molecular formula is C30H34Cl2F3N3O4. The topological polar surface area (TPSA) is 92.5 Å². The van der Waals surface area contributed by atoms with Crippen LogP contribution >= 0.6 is 23.2 Å². The van der Waals surface area contributed by atoms with Crippen LogP contribution in [0.4, 0.5) is 13.2 Å². The molecule has 3 saturated carbocycles. The van der Waals surface area contributed by atoms with Crippen molar-refractivity contribution in [1.29, 1.82) is 0 Å². The van der Waals surface area contributed by atoms with Crippen molar-refractivity contribution < 1.29 is 32.7 Å². The van der Waals surface area contributed by atoms with E-state index < -0.39 is 53.1 Å². The largest absolute Gasteiger partial charge is 0.481 e. The van der Waals surface area contributed by atoms with Crippen molar-refractivity contribution in [3.8, 4) is 0 Å². The number of hydrogen-bond donors (Lipinski definition) is 1. The van der Waals surface area contributed by atoms with E-state index in [1.165, 1.54) is 17.0 Å². The Kier molecular flexibility index (Phi) is 7.97. The van der Waals surface area contributed by atoms with Crippen molar-refractivity contribution in [1.82, 2.24) is 14.7 Å². The minimum absolute atomic E-state index is 0.0224. The molecule has 0 spiro atoms. The Morgan fingerprint density at radius 2 is 1.64 bits per heavy atom. The molecule has 3 aliphatic carbocycles. The molecule has 3 aliphatic rings. The smallest absolute Gasteiger partial charge is 0.433 e. The monoisotopic (exact) mass is 627 g/mol. The Labute approximate surface area is 252 Å². The number of fused-ring (bicyclic) bond motifs is 2. The summed E-state index contributed by atoms with van der Waals surface area (Å²) in [6, 6.07) is 3.86. The van der Waals surface area contributed by atoms with Crippen LogP contribution in [0.2, 0.25) is 10.0 Å².